The zero-order chi connectivity index (χ0) is 12.1. The Balaban J connectivity index is 2.81. The molecule has 3 heteroatoms. The van der Waals surface area contributed by atoms with Gasteiger partial charge in [-0.1, -0.05) is 11.6 Å². The summed E-state index contributed by atoms with van der Waals surface area (Å²) in [6.07, 6.45) is 2.27. The smallest absolute Gasteiger partial charge is 0.129 e. The molecule has 0 atom stereocenters. The second-order valence-corrected chi connectivity index (χ2v) is 4.41. The molecular formula is C13H17ClO2. The van der Waals surface area contributed by atoms with Crippen molar-refractivity contribution in [3.05, 3.63) is 28.3 Å². The predicted molar refractivity (Wildman–Crippen MR) is 66.4 cm³/mol. The highest BCUT2D eigenvalue weighted by Gasteiger charge is 2.08. The molecule has 1 aromatic rings. The highest BCUT2D eigenvalue weighted by atomic mass is 35.5. The van der Waals surface area contributed by atoms with Crippen LogP contribution in [0.5, 0.6) is 5.75 Å². The molecule has 0 unspecified atom stereocenters. The number of hydrogen-bond donors (Lipinski definition) is 0. The molecule has 0 spiro atoms. The molecule has 1 aromatic carbocycles. The maximum absolute atomic E-state index is 10.9. The van der Waals surface area contributed by atoms with Gasteiger partial charge in [0.05, 0.1) is 7.11 Å². The van der Waals surface area contributed by atoms with Gasteiger partial charge in [0.25, 0.3) is 0 Å². The Labute approximate surface area is 102 Å². The molecule has 0 bridgehead atoms. The van der Waals surface area contributed by atoms with Crippen LogP contribution in [0.3, 0.4) is 0 Å². The van der Waals surface area contributed by atoms with Crippen molar-refractivity contribution in [3.8, 4) is 5.75 Å². The molecule has 16 heavy (non-hydrogen) atoms. The average molecular weight is 241 g/mol. The van der Waals surface area contributed by atoms with E-state index >= 15 is 0 Å². The molecular weight excluding hydrogens is 224 g/mol. The van der Waals surface area contributed by atoms with Crippen molar-refractivity contribution in [3.63, 3.8) is 0 Å². The number of carbonyl (C=O) groups is 1. The topological polar surface area (TPSA) is 26.3 Å². The molecule has 0 aliphatic carbocycles. The number of hydrogen-bond acceptors (Lipinski definition) is 2. The molecule has 88 valence electrons. The summed E-state index contributed by atoms with van der Waals surface area (Å²) in [5.74, 6) is 1.10. The van der Waals surface area contributed by atoms with E-state index in [4.69, 9.17) is 16.3 Å². The first-order valence-electron chi connectivity index (χ1n) is 5.37. The monoisotopic (exact) mass is 240 g/mol. The van der Waals surface area contributed by atoms with Gasteiger partial charge in [0.15, 0.2) is 0 Å². The largest absolute Gasteiger partial charge is 0.496 e. The van der Waals surface area contributed by atoms with E-state index in [9.17, 15) is 4.79 Å². The van der Waals surface area contributed by atoms with Crippen LogP contribution in [0, 0.1) is 6.92 Å². The van der Waals surface area contributed by atoms with Crippen LogP contribution in [-0.2, 0) is 11.2 Å². The van der Waals surface area contributed by atoms with Crippen LogP contribution in [0.25, 0.3) is 0 Å². The fourth-order valence-electron chi connectivity index (χ4n) is 1.80. The fraction of sp³-hybridized carbons (Fsp3) is 0.462. The van der Waals surface area contributed by atoms with Crippen LogP contribution in [-0.4, -0.2) is 12.9 Å². The van der Waals surface area contributed by atoms with E-state index in [1.54, 1.807) is 14.0 Å². The Bertz CT molecular complexity index is 386. The summed E-state index contributed by atoms with van der Waals surface area (Å²) in [5.41, 5.74) is 2.11. The molecule has 0 N–H and O–H groups in total. The zero-order valence-corrected chi connectivity index (χ0v) is 10.7. The number of aryl methyl sites for hydroxylation is 2. The molecule has 0 aliphatic rings. The van der Waals surface area contributed by atoms with Crippen LogP contribution in [0.15, 0.2) is 12.1 Å². The Hall–Kier alpha value is -1.02. The first-order chi connectivity index (χ1) is 7.54. The molecule has 0 amide bonds. The van der Waals surface area contributed by atoms with Crippen molar-refractivity contribution in [2.24, 2.45) is 0 Å². The van der Waals surface area contributed by atoms with Crippen LogP contribution >= 0.6 is 11.6 Å². The average Bonchev–Trinajstić information content (AvgIpc) is 2.16. The quantitative estimate of drug-likeness (QED) is 0.787. The first kappa shape index (κ1) is 13.0. The van der Waals surface area contributed by atoms with E-state index in [-0.39, 0.29) is 5.78 Å². The third kappa shape index (κ3) is 3.53. The number of ketones is 1. The molecule has 1 rings (SSSR count). The molecule has 0 heterocycles. The normalized spacial score (nSPS) is 10.2. The van der Waals surface area contributed by atoms with Gasteiger partial charge in [-0.3, -0.25) is 0 Å². The highest BCUT2D eigenvalue weighted by Crippen LogP contribution is 2.28. The lowest BCUT2D eigenvalue weighted by molar-refractivity contribution is -0.117. The summed E-state index contributed by atoms with van der Waals surface area (Å²) in [6.45, 7) is 3.58. The van der Waals surface area contributed by atoms with Crippen molar-refractivity contribution in [1.82, 2.24) is 0 Å². The summed E-state index contributed by atoms with van der Waals surface area (Å²) in [4.78, 5) is 10.9. The van der Waals surface area contributed by atoms with Gasteiger partial charge in [0.1, 0.15) is 11.5 Å². The highest BCUT2D eigenvalue weighted by molar-refractivity contribution is 6.30. The van der Waals surface area contributed by atoms with Gasteiger partial charge >= 0.3 is 0 Å². The number of benzene rings is 1. The van der Waals surface area contributed by atoms with Crippen molar-refractivity contribution >= 4 is 17.4 Å². The second kappa shape index (κ2) is 5.90. The van der Waals surface area contributed by atoms with E-state index in [0.29, 0.717) is 6.42 Å². The number of methoxy groups -OCH3 is 1. The van der Waals surface area contributed by atoms with Crippen LogP contribution < -0.4 is 4.74 Å². The number of rotatable bonds is 5. The van der Waals surface area contributed by atoms with E-state index in [1.807, 2.05) is 19.1 Å². The summed E-state index contributed by atoms with van der Waals surface area (Å²) >= 11 is 6.00. The zero-order valence-electron chi connectivity index (χ0n) is 9.97. The second-order valence-electron chi connectivity index (χ2n) is 3.97. The Morgan fingerprint density at radius 2 is 2.12 bits per heavy atom. The maximum Gasteiger partial charge on any atom is 0.129 e. The van der Waals surface area contributed by atoms with Crippen molar-refractivity contribution in [2.45, 2.75) is 33.1 Å². The van der Waals surface area contributed by atoms with E-state index in [0.717, 1.165) is 34.7 Å². The first-order valence-corrected chi connectivity index (χ1v) is 5.75. The van der Waals surface area contributed by atoms with E-state index < -0.39 is 0 Å². The van der Waals surface area contributed by atoms with Gasteiger partial charge in [-0.25, -0.2) is 0 Å². The van der Waals surface area contributed by atoms with Crippen LogP contribution in [0.1, 0.15) is 30.9 Å². The number of halogens is 1. The third-order valence-corrected chi connectivity index (χ3v) is 2.71. The third-order valence-electron chi connectivity index (χ3n) is 2.50. The van der Waals surface area contributed by atoms with Gasteiger partial charge in [-0.05, 0) is 49.9 Å². The predicted octanol–water partition coefficient (Wildman–Crippen LogP) is 3.57. The lowest BCUT2D eigenvalue weighted by atomic mass is 10.0. The molecule has 0 aromatic heterocycles. The van der Waals surface area contributed by atoms with Crippen LogP contribution in [0.4, 0.5) is 0 Å². The molecule has 0 radical (unpaired) electrons. The van der Waals surface area contributed by atoms with Crippen LogP contribution in [0.2, 0.25) is 5.02 Å². The minimum absolute atomic E-state index is 0.220. The summed E-state index contributed by atoms with van der Waals surface area (Å²) in [7, 11) is 1.66. The fourth-order valence-corrected chi connectivity index (χ4v) is 2.10. The minimum atomic E-state index is 0.220. The van der Waals surface area contributed by atoms with Crippen molar-refractivity contribution in [1.29, 1.82) is 0 Å². The van der Waals surface area contributed by atoms with Crippen molar-refractivity contribution in [2.75, 3.05) is 7.11 Å². The molecule has 2 nitrogen and oxygen atoms in total. The van der Waals surface area contributed by atoms with Gasteiger partial charge < -0.3 is 9.53 Å². The van der Waals surface area contributed by atoms with Gasteiger partial charge in [-0.2, -0.15) is 0 Å². The molecule has 0 aliphatic heterocycles. The maximum atomic E-state index is 10.9. The summed E-state index contributed by atoms with van der Waals surface area (Å²) in [5, 5.41) is 0.719. The Morgan fingerprint density at radius 3 is 2.69 bits per heavy atom. The molecule has 0 saturated carbocycles. The van der Waals surface area contributed by atoms with Crippen molar-refractivity contribution < 1.29 is 9.53 Å². The van der Waals surface area contributed by atoms with E-state index in [2.05, 4.69) is 0 Å². The standard InChI is InChI=1S/C13H17ClO2/c1-9-7-12(14)8-11(13(9)16-3)6-4-5-10(2)15/h7-8H,4-6H2,1-3H3. The lowest BCUT2D eigenvalue weighted by Crippen LogP contribution is -1.97. The minimum Gasteiger partial charge on any atom is -0.496 e. The number of carbonyl (C=O) groups excluding carboxylic acids is 1. The lowest BCUT2D eigenvalue weighted by Gasteiger charge is -2.11. The van der Waals surface area contributed by atoms with E-state index in [1.165, 1.54) is 0 Å². The SMILES string of the molecule is COc1c(C)cc(Cl)cc1CCCC(C)=O. The Morgan fingerprint density at radius 1 is 1.44 bits per heavy atom. The van der Waals surface area contributed by atoms with Gasteiger partial charge in [0.2, 0.25) is 0 Å². The summed E-state index contributed by atoms with van der Waals surface area (Å²) < 4.78 is 5.35. The number of ether oxygens (including phenoxy) is 1. The molecule has 0 saturated heterocycles. The van der Waals surface area contributed by atoms with Gasteiger partial charge in [0, 0.05) is 11.4 Å². The molecule has 0 fully saturated rings. The Kier molecular flexibility index (Phi) is 4.81. The summed E-state index contributed by atoms with van der Waals surface area (Å²) in [6, 6.07) is 3.79. The number of Topliss-reactive ketones (excluding diaryl/α,β-unsaturated/α-hetero) is 1. The van der Waals surface area contributed by atoms with Gasteiger partial charge in [-0.15, -0.1) is 0 Å².